The molecule has 0 saturated carbocycles. The Balaban J connectivity index is 2.06. The highest BCUT2D eigenvalue weighted by Gasteiger charge is 2.56. The van der Waals surface area contributed by atoms with Gasteiger partial charge in [-0.2, -0.15) is 0 Å². The normalized spacial score (nSPS) is 33.1. The van der Waals surface area contributed by atoms with Gasteiger partial charge in [-0.1, -0.05) is 0 Å². The summed E-state index contributed by atoms with van der Waals surface area (Å²) >= 11 is 0. The Bertz CT molecular complexity index is 706. The molecule has 1 N–H and O–H groups in total. The monoisotopic (exact) mass is 312 g/mol. The van der Waals surface area contributed by atoms with Crippen LogP contribution in [0.5, 0.6) is 0 Å². The zero-order chi connectivity index (χ0) is 16.2. The summed E-state index contributed by atoms with van der Waals surface area (Å²) in [5.41, 5.74) is -0.526. The van der Waals surface area contributed by atoms with E-state index in [-0.39, 0.29) is 6.61 Å². The predicted molar refractivity (Wildman–Crippen MR) is 75.4 cm³/mol. The molecule has 1 aromatic rings. The fraction of sp³-hybridized carbons (Fsp3) is 0.714. The quantitative estimate of drug-likeness (QED) is 0.756. The molecular weight excluding hydrogens is 292 g/mol. The first-order valence-electron chi connectivity index (χ1n) is 7.13. The van der Waals surface area contributed by atoms with E-state index in [1.165, 1.54) is 17.8 Å². The summed E-state index contributed by atoms with van der Waals surface area (Å²) in [4.78, 5) is 24.2. The number of aromatic nitrogens is 2. The van der Waals surface area contributed by atoms with Gasteiger partial charge in [-0.15, -0.1) is 0 Å². The summed E-state index contributed by atoms with van der Waals surface area (Å²) in [5, 5.41) is 9.47. The Morgan fingerprint density at radius 1 is 1.23 bits per heavy atom. The number of hydrogen-bond donors (Lipinski definition) is 1. The molecule has 0 radical (unpaired) electrons. The Morgan fingerprint density at radius 2 is 1.86 bits per heavy atom. The molecule has 0 amide bonds. The first kappa shape index (κ1) is 15.4. The summed E-state index contributed by atoms with van der Waals surface area (Å²) in [6.07, 6.45) is -0.752. The van der Waals surface area contributed by atoms with Crippen LogP contribution >= 0.6 is 0 Å². The summed E-state index contributed by atoms with van der Waals surface area (Å²) in [6.45, 7) is 3.31. The zero-order valence-electron chi connectivity index (χ0n) is 13.0. The lowest BCUT2D eigenvalue weighted by atomic mass is 10.0. The van der Waals surface area contributed by atoms with Crippen LogP contribution in [0.4, 0.5) is 0 Å². The van der Waals surface area contributed by atoms with E-state index < -0.39 is 41.5 Å². The van der Waals surface area contributed by atoms with Crippen molar-refractivity contribution in [2.24, 2.45) is 14.1 Å². The largest absolute Gasteiger partial charge is 0.394 e. The molecule has 4 atom stereocenters. The molecule has 22 heavy (non-hydrogen) atoms. The molecule has 8 nitrogen and oxygen atoms in total. The van der Waals surface area contributed by atoms with E-state index in [0.29, 0.717) is 5.56 Å². The lowest BCUT2D eigenvalue weighted by Gasteiger charge is -2.23. The standard InChI is InChI=1S/C14H20N2O6/c1-14(2)21-10-8(6-17)20-9(11(10)22-14)7-5-15(3)13(19)16(4)12(7)18/h5,8-11,17H,6H2,1-4H3/t8-,9+,10-,11+/m1/s1. The number of hydrogen-bond acceptors (Lipinski definition) is 6. The maximum absolute atomic E-state index is 12.4. The van der Waals surface area contributed by atoms with Gasteiger partial charge in [-0.05, 0) is 13.8 Å². The van der Waals surface area contributed by atoms with Gasteiger partial charge >= 0.3 is 5.69 Å². The Hall–Kier alpha value is -1.48. The van der Waals surface area contributed by atoms with E-state index in [1.807, 2.05) is 0 Å². The zero-order valence-corrected chi connectivity index (χ0v) is 13.0. The van der Waals surface area contributed by atoms with Crippen molar-refractivity contribution in [2.45, 2.75) is 44.1 Å². The van der Waals surface area contributed by atoms with Crippen molar-refractivity contribution in [2.75, 3.05) is 6.61 Å². The maximum atomic E-state index is 12.4. The second kappa shape index (κ2) is 5.02. The minimum Gasteiger partial charge on any atom is -0.394 e. The lowest BCUT2D eigenvalue weighted by Crippen LogP contribution is -2.40. The molecule has 122 valence electrons. The van der Waals surface area contributed by atoms with Crippen LogP contribution in [0.2, 0.25) is 0 Å². The highest BCUT2D eigenvalue weighted by Crippen LogP contribution is 2.44. The molecule has 0 aliphatic carbocycles. The summed E-state index contributed by atoms with van der Waals surface area (Å²) in [5.74, 6) is -0.809. The van der Waals surface area contributed by atoms with E-state index in [4.69, 9.17) is 14.2 Å². The minimum atomic E-state index is -0.809. The third-order valence-corrected chi connectivity index (χ3v) is 4.11. The second-order valence-electron chi connectivity index (χ2n) is 6.18. The van der Waals surface area contributed by atoms with Gasteiger partial charge in [0, 0.05) is 20.3 Å². The topological polar surface area (TPSA) is 91.9 Å². The van der Waals surface area contributed by atoms with E-state index in [9.17, 15) is 14.7 Å². The molecule has 0 spiro atoms. The van der Waals surface area contributed by atoms with Gasteiger partial charge in [0.05, 0.1) is 12.2 Å². The SMILES string of the molecule is Cn1cc([C@@H]2O[C@H](CO)[C@H]3OC(C)(C)O[C@H]32)c(=O)n(C)c1=O. The molecular formula is C14H20N2O6. The number of fused-ring (bicyclic) bond motifs is 1. The highest BCUT2D eigenvalue weighted by atomic mass is 16.8. The average Bonchev–Trinajstić information content (AvgIpc) is 2.93. The molecule has 3 rings (SSSR count). The third-order valence-electron chi connectivity index (χ3n) is 4.11. The number of ether oxygens (including phenoxy) is 3. The van der Waals surface area contributed by atoms with Crippen LogP contribution in [0, 0.1) is 0 Å². The minimum absolute atomic E-state index is 0.233. The van der Waals surface area contributed by atoms with Gasteiger partial charge in [0.25, 0.3) is 5.56 Å². The number of aliphatic hydroxyl groups is 1. The van der Waals surface area contributed by atoms with Gasteiger partial charge in [-0.3, -0.25) is 9.36 Å². The van der Waals surface area contributed by atoms with Gasteiger partial charge < -0.3 is 23.9 Å². The Morgan fingerprint density at radius 3 is 2.50 bits per heavy atom. The Kier molecular flexibility index (Phi) is 3.52. The van der Waals surface area contributed by atoms with E-state index >= 15 is 0 Å². The van der Waals surface area contributed by atoms with E-state index in [1.54, 1.807) is 20.9 Å². The fourth-order valence-corrected chi connectivity index (χ4v) is 3.11. The summed E-state index contributed by atoms with van der Waals surface area (Å²) in [7, 11) is 2.98. The van der Waals surface area contributed by atoms with Crippen LogP contribution in [0.3, 0.4) is 0 Å². The molecule has 2 fully saturated rings. The van der Waals surface area contributed by atoms with E-state index in [2.05, 4.69) is 0 Å². The number of aliphatic hydroxyl groups excluding tert-OH is 1. The van der Waals surface area contributed by atoms with Crippen molar-refractivity contribution in [3.63, 3.8) is 0 Å². The first-order chi connectivity index (χ1) is 10.2. The average molecular weight is 312 g/mol. The number of nitrogens with zero attached hydrogens (tertiary/aromatic N) is 2. The van der Waals surface area contributed by atoms with Crippen molar-refractivity contribution in [3.05, 3.63) is 32.6 Å². The van der Waals surface area contributed by atoms with E-state index in [0.717, 1.165) is 4.57 Å². The van der Waals surface area contributed by atoms with Gasteiger partial charge in [0.2, 0.25) is 0 Å². The molecule has 2 saturated heterocycles. The third kappa shape index (κ3) is 2.23. The van der Waals surface area contributed by atoms with Crippen molar-refractivity contribution < 1.29 is 19.3 Å². The molecule has 1 aromatic heterocycles. The maximum Gasteiger partial charge on any atom is 0.330 e. The summed E-state index contributed by atoms with van der Waals surface area (Å²) < 4.78 is 19.7. The van der Waals surface area contributed by atoms with Crippen LogP contribution in [0.15, 0.2) is 15.8 Å². The molecule has 0 bridgehead atoms. The van der Waals surface area contributed by atoms with Crippen LogP contribution in [0.25, 0.3) is 0 Å². The van der Waals surface area contributed by atoms with Crippen molar-refractivity contribution in [3.8, 4) is 0 Å². The smallest absolute Gasteiger partial charge is 0.330 e. The van der Waals surface area contributed by atoms with Crippen molar-refractivity contribution >= 4 is 0 Å². The summed E-state index contributed by atoms with van der Waals surface area (Å²) in [6, 6.07) is 0. The van der Waals surface area contributed by atoms with Gasteiger partial charge in [-0.25, -0.2) is 4.79 Å². The van der Waals surface area contributed by atoms with Gasteiger partial charge in [0.15, 0.2) is 5.79 Å². The molecule has 2 aliphatic rings. The lowest BCUT2D eigenvalue weighted by molar-refractivity contribution is -0.191. The van der Waals surface area contributed by atoms with Crippen LogP contribution in [-0.4, -0.2) is 44.9 Å². The van der Waals surface area contributed by atoms with Crippen LogP contribution in [-0.2, 0) is 28.3 Å². The van der Waals surface area contributed by atoms with Crippen molar-refractivity contribution in [1.82, 2.24) is 9.13 Å². The molecule has 2 aliphatic heterocycles. The second-order valence-corrected chi connectivity index (χ2v) is 6.18. The molecule has 0 unspecified atom stereocenters. The first-order valence-corrected chi connectivity index (χ1v) is 7.13. The number of rotatable bonds is 2. The molecule has 0 aromatic carbocycles. The highest BCUT2D eigenvalue weighted by molar-refractivity contribution is 5.16. The fourth-order valence-electron chi connectivity index (χ4n) is 3.11. The predicted octanol–water partition coefficient (Wildman–Crippen LogP) is -0.964. The Labute approximate surface area is 126 Å². The number of aryl methyl sites for hydroxylation is 1. The van der Waals surface area contributed by atoms with Crippen molar-refractivity contribution in [1.29, 1.82) is 0 Å². The van der Waals surface area contributed by atoms with Gasteiger partial charge in [0.1, 0.15) is 24.4 Å². The molecule has 8 heteroatoms. The van der Waals surface area contributed by atoms with Crippen LogP contribution < -0.4 is 11.2 Å². The van der Waals surface area contributed by atoms with Crippen LogP contribution in [0.1, 0.15) is 25.5 Å². The molecule has 3 heterocycles.